The van der Waals surface area contributed by atoms with Gasteiger partial charge in [0.05, 0.1) is 18.5 Å². The lowest BCUT2D eigenvalue weighted by Crippen LogP contribution is -2.65. The van der Waals surface area contributed by atoms with Gasteiger partial charge in [-0.1, -0.05) is 18.1 Å². The van der Waals surface area contributed by atoms with Gasteiger partial charge in [0, 0.05) is 11.8 Å². The Balaban J connectivity index is 1.59. The van der Waals surface area contributed by atoms with Crippen molar-refractivity contribution >= 4 is 40.1 Å². The number of pyridine rings is 1. The SMILES string of the molecule is CCC1(C(O)C(=O)Nc2ccc3c(N)noc3c2)OCCN(c2cccc(C(F)(F)F)n2)C1=O. The highest BCUT2D eigenvalue weighted by Gasteiger charge is 2.53. The van der Waals surface area contributed by atoms with Crippen LogP contribution < -0.4 is 16.0 Å². The third-order valence-corrected chi connectivity index (χ3v) is 5.57. The molecular weight excluding hydrogens is 459 g/mol. The van der Waals surface area contributed by atoms with E-state index in [1.165, 1.54) is 25.1 Å². The topological polar surface area (TPSA) is 144 Å². The molecule has 180 valence electrons. The summed E-state index contributed by atoms with van der Waals surface area (Å²) in [6.45, 7) is 1.28. The number of halogens is 3. The van der Waals surface area contributed by atoms with Crippen molar-refractivity contribution in [2.24, 2.45) is 0 Å². The first-order valence-electron chi connectivity index (χ1n) is 10.2. The number of nitrogens with two attached hydrogens (primary N) is 1. The Morgan fingerprint density at radius 2 is 2.12 bits per heavy atom. The second-order valence-corrected chi connectivity index (χ2v) is 7.60. The molecule has 34 heavy (non-hydrogen) atoms. The van der Waals surface area contributed by atoms with E-state index in [1.807, 2.05) is 0 Å². The van der Waals surface area contributed by atoms with E-state index in [0.717, 1.165) is 17.0 Å². The highest BCUT2D eigenvalue weighted by molar-refractivity contribution is 6.06. The van der Waals surface area contributed by atoms with Gasteiger partial charge in [-0.25, -0.2) is 4.98 Å². The summed E-state index contributed by atoms with van der Waals surface area (Å²) in [6.07, 6.45) is -6.82. The number of aromatic nitrogens is 2. The molecule has 3 heterocycles. The molecule has 4 N–H and O–H groups in total. The molecule has 1 saturated heterocycles. The second-order valence-electron chi connectivity index (χ2n) is 7.60. The zero-order valence-corrected chi connectivity index (χ0v) is 17.8. The molecule has 1 aliphatic heterocycles. The highest BCUT2D eigenvalue weighted by atomic mass is 19.4. The minimum atomic E-state index is -4.71. The van der Waals surface area contributed by atoms with Gasteiger partial charge >= 0.3 is 6.18 Å². The molecule has 2 unspecified atom stereocenters. The van der Waals surface area contributed by atoms with Gasteiger partial charge in [-0.2, -0.15) is 13.2 Å². The lowest BCUT2D eigenvalue weighted by molar-refractivity contribution is -0.175. The quantitative estimate of drug-likeness (QED) is 0.506. The Hall–Kier alpha value is -3.71. The molecule has 4 rings (SSSR count). The van der Waals surface area contributed by atoms with Crippen LogP contribution in [0.5, 0.6) is 0 Å². The number of morpholine rings is 1. The standard InChI is InChI=1S/C21H20F3N5O5/c1-2-20(16(30)18(31)26-11-6-7-12-13(10-11)34-28-17(12)25)19(32)29(8-9-33-20)15-5-3-4-14(27-15)21(22,23)24/h3-7,10,16,30H,2,8-9H2,1H3,(H2,25,28)(H,26,31). The first-order valence-corrected chi connectivity index (χ1v) is 10.2. The van der Waals surface area contributed by atoms with Crippen molar-refractivity contribution in [2.75, 3.05) is 29.1 Å². The van der Waals surface area contributed by atoms with E-state index in [0.29, 0.717) is 11.0 Å². The maximum atomic E-state index is 13.3. The summed E-state index contributed by atoms with van der Waals surface area (Å²) in [5.41, 5.74) is 2.99. The van der Waals surface area contributed by atoms with Crippen LogP contribution in [0.15, 0.2) is 40.9 Å². The summed E-state index contributed by atoms with van der Waals surface area (Å²) in [5.74, 6) is -1.93. The molecule has 2 amide bonds. The van der Waals surface area contributed by atoms with E-state index in [2.05, 4.69) is 15.5 Å². The minimum absolute atomic E-state index is 0.104. The molecule has 1 aromatic carbocycles. The lowest BCUT2D eigenvalue weighted by Gasteiger charge is -2.42. The van der Waals surface area contributed by atoms with Gasteiger partial charge in [-0.05, 0) is 30.7 Å². The summed E-state index contributed by atoms with van der Waals surface area (Å²) in [7, 11) is 0. The predicted molar refractivity (Wildman–Crippen MR) is 114 cm³/mol. The molecule has 0 saturated carbocycles. The molecule has 0 bridgehead atoms. The van der Waals surface area contributed by atoms with Crippen LogP contribution in [0.1, 0.15) is 19.0 Å². The third-order valence-electron chi connectivity index (χ3n) is 5.57. The fourth-order valence-electron chi connectivity index (χ4n) is 3.76. The largest absolute Gasteiger partial charge is 0.433 e. The number of aliphatic hydroxyl groups is 1. The van der Waals surface area contributed by atoms with Crippen LogP contribution in [-0.2, 0) is 20.5 Å². The number of carbonyl (C=O) groups is 2. The Bertz CT molecular complexity index is 1250. The van der Waals surface area contributed by atoms with Crippen molar-refractivity contribution in [3.63, 3.8) is 0 Å². The number of alkyl halides is 3. The van der Waals surface area contributed by atoms with Gasteiger partial charge in [0.2, 0.25) is 0 Å². The van der Waals surface area contributed by atoms with E-state index < -0.39 is 35.4 Å². The van der Waals surface area contributed by atoms with Crippen molar-refractivity contribution in [1.29, 1.82) is 0 Å². The molecular formula is C21H20F3N5O5. The van der Waals surface area contributed by atoms with E-state index in [9.17, 15) is 27.9 Å². The molecule has 0 radical (unpaired) electrons. The van der Waals surface area contributed by atoms with E-state index in [4.69, 9.17) is 15.0 Å². The molecule has 3 aromatic rings. The Morgan fingerprint density at radius 3 is 2.82 bits per heavy atom. The number of nitrogen functional groups attached to an aromatic ring is 1. The van der Waals surface area contributed by atoms with Crippen LogP contribution in [0.2, 0.25) is 0 Å². The smallest absolute Gasteiger partial charge is 0.380 e. The zero-order valence-electron chi connectivity index (χ0n) is 17.8. The monoisotopic (exact) mass is 479 g/mol. The minimum Gasteiger partial charge on any atom is -0.380 e. The number of nitrogens with one attached hydrogen (secondary N) is 1. The van der Waals surface area contributed by atoms with Crippen molar-refractivity contribution in [2.45, 2.75) is 31.2 Å². The van der Waals surface area contributed by atoms with Crippen LogP contribution in [0.4, 0.5) is 30.5 Å². The number of ether oxygens (including phenoxy) is 1. The third kappa shape index (κ3) is 4.03. The molecule has 1 fully saturated rings. The number of rotatable bonds is 5. The number of amides is 2. The maximum Gasteiger partial charge on any atom is 0.433 e. The molecule has 13 heteroatoms. The van der Waals surface area contributed by atoms with E-state index in [1.54, 1.807) is 6.07 Å². The van der Waals surface area contributed by atoms with Gasteiger partial charge in [0.15, 0.2) is 23.1 Å². The summed E-state index contributed by atoms with van der Waals surface area (Å²) in [5, 5.41) is 17.5. The number of nitrogens with zero attached hydrogens (tertiary/aromatic N) is 3. The molecule has 2 atom stereocenters. The van der Waals surface area contributed by atoms with E-state index >= 15 is 0 Å². The molecule has 1 aliphatic rings. The van der Waals surface area contributed by atoms with Crippen molar-refractivity contribution in [3.05, 3.63) is 42.1 Å². The van der Waals surface area contributed by atoms with Crippen molar-refractivity contribution < 1.29 is 37.1 Å². The fraction of sp³-hybridized carbons (Fsp3) is 0.333. The van der Waals surface area contributed by atoms with Gasteiger partial charge in [-0.3, -0.25) is 14.5 Å². The molecule has 0 spiro atoms. The first-order chi connectivity index (χ1) is 16.1. The summed E-state index contributed by atoms with van der Waals surface area (Å²) < 4.78 is 49.9. The number of benzene rings is 1. The summed E-state index contributed by atoms with van der Waals surface area (Å²) >= 11 is 0. The number of carbonyl (C=O) groups excluding carboxylic acids is 2. The average Bonchev–Trinajstić information content (AvgIpc) is 3.18. The molecule has 10 nitrogen and oxygen atoms in total. The zero-order chi connectivity index (χ0) is 24.7. The van der Waals surface area contributed by atoms with Crippen LogP contribution >= 0.6 is 0 Å². The lowest BCUT2D eigenvalue weighted by atomic mass is 9.89. The van der Waals surface area contributed by atoms with Crippen molar-refractivity contribution in [1.82, 2.24) is 10.1 Å². The van der Waals surface area contributed by atoms with Crippen LogP contribution in [0, 0.1) is 0 Å². The predicted octanol–water partition coefficient (Wildman–Crippen LogP) is 2.34. The summed E-state index contributed by atoms with van der Waals surface area (Å²) in [6, 6.07) is 7.64. The maximum absolute atomic E-state index is 13.3. The molecule has 0 aliphatic carbocycles. The van der Waals surface area contributed by atoms with Crippen LogP contribution in [-0.4, -0.2) is 51.9 Å². The average molecular weight is 479 g/mol. The number of anilines is 3. The van der Waals surface area contributed by atoms with Crippen molar-refractivity contribution in [3.8, 4) is 0 Å². The van der Waals surface area contributed by atoms with Gasteiger partial charge in [0.1, 0.15) is 11.5 Å². The van der Waals surface area contributed by atoms with Crippen LogP contribution in [0.3, 0.4) is 0 Å². The highest BCUT2D eigenvalue weighted by Crippen LogP contribution is 2.33. The first kappa shape index (κ1) is 23.4. The van der Waals surface area contributed by atoms with Gasteiger partial charge in [-0.15, -0.1) is 0 Å². The number of aliphatic hydroxyl groups excluding tert-OH is 1. The van der Waals surface area contributed by atoms with Gasteiger partial charge in [0.25, 0.3) is 11.8 Å². The molecule has 2 aromatic heterocycles. The van der Waals surface area contributed by atoms with Gasteiger partial charge < -0.3 is 25.4 Å². The normalized spacial score (nSPS) is 19.9. The fourth-order valence-corrected chi connectivity index (χ4v) is 3.76. The Kier molecular flexibility index (Phi) is 5.91. The number of hydrogen-bond acceptors (Lipinski definition) is 8. The second kappa shape index (κ2) is 8.57. The number of hydrogen-bond donors (Lipinski definition) is 3. The summed E-state index contributed by atoms with van der Waals surface area (Å²) in [4.78, 5) is 30.7. The Labute approximate surface area is 190 Å². The van der Waals surface area contributed by atoms with E-state index in [-0.39, 0.29) is 36.9 Å². The van der Waals surface area contributed by atoms with Crippen LogP contribution in [0.25, 0.3) is 11.0 Å². The number of fused-ring (bicyclic) bond motifs is 1. The Morgan fingerprint density at radius 1 is 1.35 bits per heavy atom.